The molecular formula is C14H19NO2. The van der Waals surface area contributed by atoms with Crippen molar-refractivity contribution in [3.63, 3.8) is 0 Å². The van der Waals surface area contributed by atoms with Crippen molar-refractivity contribution in [1.29, 1.82) is 0 Å². The first kappa shape index (κ1) is 12.0. The van der Waals surface area contributed by atoms with Crippen LogP contribution in [0.3, 0.4) is 0 Å². The molecule has 0 amide bonds. The molecule has 17 heavy (non-hydrogen) atoms. The summed E-state index contributed by atoms with van der Waals surface area (Å²) in [6.45, 7) is 2.22. The number of methoxy groups -OCH3 is 1. The lowest BCUT2D eigenvalue weighted by atomic mass is 9.75. The number of hydrogen-bond acceptors (Lipinski definition) is 3. The van der Waals surface area contributed by atoms with Crippen LogP contribution >= 0.6 is 0 Å². The third-order valence-corrected chi connectivity index (χ3v) is 3.62. The second kappa shape index (κ2) is 5.21. The zero-order valence-electron chi connectivity index (χ0n) is 10.4. The monoisotopic (exact) mass is 233 g/mol. The topological polar surface area (TPSA) is 41.8 Å². The average molecular weight is 233 g/mol. The van der Waals surface area contributed by atoms with Gasteiger partial charge < -0.3 is 9.94 Å². The summed E-state index contributed by atoms with van der Waals surface area (Å²) >= 11 is 0. The van der Waals surface area contributed by atoms with Crippen molar-refractivity contribution in [3.8, 4) is 5.75 Å². The highest BCUT2D eigenvalue weighted by Crippen LogP contribution is 2.36. The fourth-order valence-corrected chi connectivity index (χ4v) is 2.70. The van der Waals surface area contributed by atoms with E-state index >= 15 is 0 Å². The number of ether oxygens (including phenoxy) is 1. The summed E-state index contributed by atoms with van der Waals surface area (Å²) in [4.78, 5) is 0. The van der Waals surface area contributed by atoms with E-state index in [1.54, 1.807) is 7.11 Å². The molecule has 0 unspecified atom stereocenters. The van der Waals surface area contributed by atoms with Crippen molar-refractivity contribution >= 4 is 5.71 Å². The van der Waals surface area contributed by atoms with Crippen LogP contribution in [0.15, 0.2) is 29.4 Å². The van der Waals surface area contributed by atoms with Gasteiger partial charge in [-0.15, -0.1) is 0 Å². The number of hydrogen-bond donors (Lipinski definition) is 1. The van der Waals surface area contributed by atoms with Gasteiger partial charge in [-0.25, -0.2) is 0 Å². The van der Waals surface area contributed by atoms with Crippen molar-refractivity contribution in [2.75, 3.05) is 7.11 Å². The molecule has 1 aliphatic rings. The molecule has 0 spiro atoms. The minimum atomic E-state index is 0.250. The first-order valence-corrected chi connectivity index (χ1v) is 6.11. The van der Waals surface area contributed by atoms with Gasteiger partial charge in [0.1, 0.15) is 5.75 Å². The lowest BCUT2D eigenvalue weighted by Crippen LogP contribution is -2.24. The van der Waals surface area contributed by atoms with Crippen LogP contribution in [0.2, 0.25) is 0 Å². The molecule has 1 aromatic rings. The molecule has 0 aliphatic heterocycles. The predicted octanol–water partition coefficient (Wildman–Crippen LogP) is 3.43. The van der Waals surface area contributed by atoms with E-state index in [2.05, 4.69) is 24.2 Å². The maximum atomic E-state index is 9.10. The molecule has 1 fully saturated rings. The number of oxime groups is 1. The average Bonchev–Trinajstić information content (AvgIpc) is 2.38. The lowest BCUT2D eigenvalue weighted by Gasteiger charge is -2.29. The Morgan fingerprint density at radius 1 is 1.29 bits per heavy atom. The summed E-state index contributed by atoms with van der Waals surface area (Å²) in [6.07, 6.45) is 3.21. The highest BCUT2D eigenvalue weighted by atomic mass is 16.5. The Bertz CT molecular complexity index is 397. The van der Waals surface area contributed by atoms with Crippen molar-refractivity contribution < 1.29 is 9.94 Å². The smallest absolute Gasteiger partial charge is 0.118 e. The standard InChI is InChI=1S/C14H19NO2/c1-10-4-3-5-13(15-16)14(10)11-6-8-12(17-2)9-7-11/h6-10,14,16H,3-5H2,1-2H3/b15-13-/t10-,14+/m1/s1. The van der Waals surface area contributed by atoms with Crippen molar-refractivity contribution in [2.24, 2.45) is 11.1 Å². The Labute approximate surface area is 102 Å². The molecule has 1 aromatic carbocycles. The molecule has 0 heterocycles. The fraction of sp³-hybridized carbons (Fsp3) is 0.500. The number of benzene rings is 1. The van der Waals surface area contributed by atoms with E-state index in [4.69, 9.17) is 9.94 Å². The summed E-state index contributed by atoms with van der Waals surface area (Å²) in [5.41, 5.74) is 2.12. The highest BCUT2D eigenvalue weighted by molar-refractivity contribution is 5.91. The molecule has 0 radical (unpaired) electrons. The van der Waals surface area contributed by atoms with Crippen LogP contribution in [0.1, 0.15) is 37.7 Å². The number of nitrogens with zero attached hydrogens (tertiary/aromatic N) is 1. The van der Waals surface area contributed by atoms with Crippen LogP contribution in [0, 0.1) is 5.92 Å². The first-order chi connectivity index (χ1) is 8.26. The van der Waals surface area contributed by atoms with Gasteiger partial charge in [0, 0.05) is 5.92 Å². The molecular weight excluding hydrogens is 214 g/mol. The Kier molecular flexibility index (Phi) is 3.67. The molecule has 3 heteroatoms. The van der Waals surface area contributed by atoms with E-state index < -0.39 is 0 Å². The summed E-state index contributed by atoms with van der Waals surface area (Å²) in [6, 6.07) is 8.06. The van der Waals surface area contributed by atoms with E-state index in [0.29, 0.717) is 5.92 Å². The van der Waals surface area contributed by atoms with E-state index in [1.807, 2.05) is 12.1 Å². The van der Waals surface area contributed by atoms with Crippen molar-refractivity contribution in [3.05, 3.63) is 29.8 Å². The molecule has 1 N–H and O–H groups in total. The predicted molar refractivity (Wildman–Crippen MR) is 68.0 cm³/mol. The van der Waals surface area contributed by atoms with E-state index in [9.17, 15) is 0 Å². The minimum absolute atomic E-state index is 0.250. The molecule has 1 aliphatic carbocycles. The Morgan fingerprint density at radius 2 is 2.00 bits per heavy atom. The Morgan fingerprint density at radius 3 is 2.59 bits per heavy atom. The van der Waals surface area contributed by atoms with Crippen molar-refractivity contribution in [1.82, 2.24) is 0 Å². The van der Waals surface area contributed by atoms with Crippen LogP contribution in [0.5, 0.6) is 5.75 Å². The summed E-state index contributed by atoms with van der Waals surface area (Å²) in [5, 5.41) is 12.6. The second-order valence-electron chi connectivity index (χ2n) is 4.71. The fourth-order valence-electron chi connectivity index (χ4n) is 2.70. The quantitative estimate of drug-likeness (QED) is 0.628. The second-order valence-corrected chi connectivity index (χ2v) is 4.71. The Hall–Kier alpha value is -1.51. The van der Waals surface area contributed by atoms with Crippen LogP contribution in [-0.4, -0.2) is 18.0 Å². The Balaban J connectivity index is 2.28. The van der Waals surface area contributed by atoms with Gasteiger partial charge >= 0.3 is 0 Å². The van der Waals surface area contributed by atoms with Crippen molar-refractivity contribution in [2.45, 2.75) is 32.1 Å². The van der Waals surface area contributed by atoms with E-state index in [1.165, 1.54) is 12.0 Å². The van der Waals surface area contributed by atoms with Crippen LogP contribution < -0.4 is 4.74 Å². The van der Waals surface area contributed by atoms with Gasteiger partial charge in [-0.05, 0) is 42.9 Å². The van der Waals surface area contributed by atoms with Gasteiger partial charge in [-0.3, -0.25) is 0 Å². The SMILES string of the molecule is COc1ccc([C@H]2/C(=N\O)CCC[C@H]2C)cc1. The molecule has 2 atom stereocenters. The molecule has 2 rings (SSSR count). The normalized spacial score (nSPS) is 27.1. The third-order valence-electron chi connectivity index (χ3n) is 3.62. The lowest BCUT2D eigenvalue weighted by molar-refractivity contribution is 0.307. The molecule has 92 valence electrons. The van der Waals surface area contributed by atoms with Gasteiger partial charge in [0.05, 0.1) is 12.8 Å². The zero-order chi connectivity index (χ0) is 12.3. The van der Waals surface area contributed by atoms with Gasteiger partial charge in [0.25, 0.3) is 0 Å². The van der Waals surface area contributed by atoms with Gasteiger partial charge in [-0.1, -0.05) is 24.2 Å². The first-order valence-electron chi connectivity index (χ1n) is 6.11. The summed E-state index contributed by atoms with van der Waals surface area (Å²) in [5.74, 6) is 1.64. The number of rotatable bonds is 2. The van der Waals surface area contributed by atoms with Crippen LogP contribution in [-0.2, 0) is 0 Å². The van der Waals surface area contributed by atoms with Crippen LogP contribution in [0.25, 0.3) is 0 Å². The largest absolute Gasteiger partial charge is 0.497 e. The highest BCUT2D eigenvalue weighted by Gasteiger charge is 2.28. The molecule has 0 saturated heterocycles. The maximum Gasteiger partial charge on any atom is 0.118 e. The van der Waals surface area contributed by atoms with E-state index in [-0.39, 0.29) is 5.92 Å². The van der Waals surface area contributed by atoms with Gasteiger partial charge in [0.2, 0.25) is 0 Å². The summed E-state index contributed by atoms with van der Waals surface area (Å²) in [7, 11) is 1.67. The zero-order valence-corrected chi connectivity index (χ0v) is 10.4. The molecule has 3 nitrogen and oxygen atoms in total. The van der Waals surface area contributed by atoms with E-state index in [0.717, 1.165) is 24.3 Å². The summed E-state index contributed by atoms with van der Waals surface area (Å²) < 4.78 is 5.16. The maximum absolute atomic E-state index is 9.10. The third kappa shape index (κ3) is 2.43. The molecule has 1 saturated carbocycles. The molecule has 0 bridgehead atoms. The molecule has 0 aromatic heterocycles. The van der Waals surface area contributed by atoms with Crippen LogP contribution in [0.4, 0.5) is 0 Å². The van der Waals surface area contributed by atoms with Gasteiger partial charge in [-0.2, -0.15) is 0 Å². The van der Waals surface area contributed by atoms with Gasteiger partial charge in [0.15, 0.2) is 0 Å². The minimum Gasteiger partial charge on any atom is -0.497 e.